The zero-order chi connectivity index (χ0) is 12.4. The Labute approximate surface area is 96.1 Å². The number of hydrogen-bond donors (Lipinski definition) is 2. The highest BCUT2D eigenvalue weighted by atomic mass is 19.1. The Bertz CT molecular complexity index is 658. The highest BCUT2D eigenvalue weighted by Gasteiger charge is 2.07. The highest BCUT2D eigenvalue weighted by molar-refractivity contribution is 5.26. The number of aromatic amines is 2. The van der Waals surface area contributed by atoms with Gasteiger partial charge in [-0.25, -0.2) is 9.18 Å². The van der Waals surface area contributed by atoms with E-state index < -0.39 is 11.2 Å². The summed E-state index contributed by atoms with van der Waals surface area (Å²) < 4.78 is 13.0. The average molecular weight is 234 g/mol. The second-order valence-electron chi connectivity index (χ2n) is 3.82. The molecule has 0 aliphatic carbocycles. The lowest BCUT2D eigenvalue weighted by atomic mass is 10.1. The third kappa shape index (κ3) is 2.50. The Balaban J connectivity index is 2.43. The van der Waals surface area contributed by atoms with Crippen molar-refractivity contribution in [2.24, 2.45) is 0 Å². The van der Waals surface area contributed by atoms with Crippen LogP contribution in [0.1, 0.15) is 16.8 Å². The summed E-state index contributed by atoms with van der Waals surface area (Å²) in [5.41, 5.74) is 0.662. The van der Waals surface area contributed by atoms with Crippen LogP contribution in [0.2, 0.25) is 0 Å². The van der Waals surface area contributed by atoms with Gasteiger partial charge in [-0.15, -0.1) is 0 Å². The maximum atomic E-state index is 13.0. The van der Waals surface area contributed by atoms with Gasteiger partial charge in [0.05, 0.1) is 0 Å². The number of benzene rings is 1. The molecule has 2 aromatic rings. The Morgan fingerprint density at radius 2 is 2.00 bits per heavy atom. The van der Waals surface area contributed by atoms with E-state index in [-0.39, 0.29) is 12.2 Å². The van der Waals surface area contributed by atoms with E-state index in [0.717, 1.165) is 0 Å². The summed E-state index contributed by atoms with van der Waals surface area (Å²) >= 11 is 0. The number of aromatic nitrogens is 2. The first-order valence-corrected chi connectivity index (χ1v) is 5.13. The van der Waals surface area contributed by atoms with Crippen molar-refractivity contribution in [1.82, 2.24) is 9.97 Å². The molecule has 0 atom stereocenters. The number of halogens is 1. The lowest BCUT2D eigenvalue weighted by Gasteiger charge is -2.04. The van der Waals surface area contributed by atoms with Crippen molar-refractivity contribution in [3.8, 4) is 0 Å². The molecule has 0 bridgehead atoms. The highest BCUT2D eigenvalue weighted by Crippen LogP contribution is 2.09. The average Bonchev–Trinajstić information content (AvgIpc) is 2.23. The van der Waals surface area contributed by atoms with Crippen LogP contribution >= 0.6 is 0 Å². The summed E-state index contributed by atoms with van der Waals surface area (Å²) in [6.45, 7) is 1.64. The Hall–Kier alpha value is -2.17. The van der Waals surface area contributed by atoms with Gasteiger partial charge < -0.3 is 4.98 Å². The van der Waals surface area contributed by atoms with E-state index >= 15 is 0 Å². The molecule has 0 saturated carbocycles. The molecular weight excluding hydrogens is 223 g/mol. The summed E-state index contributed by atoms with van der Waals surface area (Å²) in [6, 6.07) is 6.02. The van der Waals surface area contributed by atoms with Crippen molar-refractivity contribution >= 4 is 0 Å². The second kappa shape index (κ2) is 4.37. The lowest BCUT2D eigenvalue weighted by molar-refractivity contribution is 0.626. The van der Waals surface area contributed by atoms with Crippen molar-refractivity contribution < 1.29 is 4.39 Å². The first-order valence-electron chi connectivity index (χ1n) is 5.13. The van der Waals surface area contributed by atoms with E-state index in [1.54, 1.807) is 19.1 Å². The summed E-state index contributed by atoms with van der Waals surface area (Å²) in [6.07, 6.45) is 0.287. The largest absolute Gasteiger partial charge is 0.325 e. The van der Waals surface area contributed by atoms with E-state index in [1.165, 1.54) is 12.1 Å². The van der Waals surface area contributed by atoms with Gasteiger partial charge in [-0.2, -0.15) is 0 Å². The van der Waals surface area contributed by atoms with Crippen molar-refractivity contribution in [2.45, 2.75) is 13.3 Å². The molecule has 0 amide bonds. The molecule has 1 aromatic heterocycles. The minimum atomic E-state index is -0.532. The summed E-state index contributed by atoms with van der Waals surface area (Å²) in [7, 11) is 0. The molecule has 0 aliphatic rings. The topological polar surface area (TPSA) is 65.7 Å². The molecular formula is C12H11FN2O2. The van der Waals surface area contributed by atoms with E-state index in [1.807, 2.05) is 0 Å². The van der Waals surface area contributed by atoms with Crippen molar-refractivity contribution in [1.29, 1.82) is 0 Å². The minimum Gasteiger partial charge on any atom is -0.311 e. The molecule has 0 unspecified atom stereocenters. The fourth-order valence-electron chi connectivity index (χ4n) is 1.69. The van der Waals surface area contributed by atoms with Crippen LogP contribution < -0.4 is 11.2 Å². The van der Waals surface area contributed by atoms with Gasteiger partial charge in [0, 0.05) is 17.7 Å². The van der Waals surface area contributed by atoms with Crippen LogP contribution in [-0.4, -0.2) is 9.97 Å². The van der Waals surface area contributed by atoms with Gasteiger partial charge >= 0.3 is 5.69 Å². The summed E-state index contributed by atoms with van der Waals surface area (Å²) in [5, 5.41) is 0. The maximum Gasteiger partial charge on any atom is 0.325 e. The fraction of sp³-hybridized carbons (Fsp3) is 0.167. The van der Waals surface area contributed by atoms with Crippen LogP contribution in [0.5, 0.6) is 0 Å². The van der Waals surface area contributed by atoms with Crippen molar-refractivity contribution in [2.75, 3.05) is 0 Å². The first-order chi connectivity index (χ1) is 8.06. The Kier molecular flexibility index (Phi) is 2.91. The SMILES string of the molecule is Cc1[nH]c(=O)[nH]c(=O)c1Cc1cccc(F)c1. The predicted octanol–water partition coefficient (Wildman–Crippen LogP) is 1.10. The van der Waals surface area contributed by atoms with Crippen molar-refractivity contribution in [3.63, 3.8) is 0 Å². The van der Waals surface area contributed by atoms with Gasteiger partial charge in [-0.1, -0.05) is 12.1 Å². The number of hydrogen-bond acceptors (Lipinski definition) is 2. The molecule has 0 radical (unpaired) electrons. The smallest absolute Gasteiger partial charge is 0.311 e. The van der Waals surface area contributed by atoms with Crippen LogP contribution in [-0.2, 0) is 6.42 Å². The zero-order valence-electron chi connectivity index (χ0n) is 9.21. The number of aryl methyl sites for hydroxylation is 1. The molecule has 17 heavy (non-hydrogen) atoms. The van der Waals surface area contributed by atoms with Gasteiger partial charge in [-0.3, -0.25) is 9.78 Å². The summed E-state index contributed by atoms with van der Waals surface area (Å²) in [4.78, 5) is 27.2. The van der Waals surface area contributed by atoms with E-state index in [9.17, 15) is 14.0 Å². The molecule has 88 valence electrons. The Morgan fingerprint density at radius 1 is 1.24 bits per heavy atom. The van der Waals surface area contributed by atoms with Gasteiger partial charge in [0.15, 0.2) is 0 Å². The standard InChI is InChI=1S/C12H11FN2O2/c1-7-10(11(16)15-12(17)14-7)6-8-3-2-4-9(13)5-8/h2-5H,6H2,1H3,(H2,14,15,16,17). The van der Waals surface area contributed by atoms with Gasteiger partial charge in [0.2, 0.25) is 0 Å². The van der Waals surface area contributed by atoms with Crippen LogP contribution in [0.4, 0.5) is 4.39 Å². The van der Waals surface area contributed by atoms with Crippen LogP contribution in [0.15, 0.2) is 33.9 Å². The molecule has 0 aliphatic heterocycles. The van der Waals surface area contributed by atoms with E-state index in [0.29, 0.717) is 16.8 Å². The summed E-state index contributed by atoms with van der Waals surface area (Å²) in [5.74, 6) is -0.346. The molecule has 2 rings (SSSR count). The third-order valence-corrected chi connectivity index (χ3v) is 2.52. The van der Waals surface area contributed by atoms with Crippen LogP contribution in [0.25, 0.3) is 0 Å². The zero-order valence-corrected chi connectivity index (χ0v) is 9.21. The van der Waals surface area contributed by atoms with Crippen LogP contribution in [0, 0.1) is 12.7 Å². The lowest BCUT2D eigenvalue weighted by Crippen LogP contribution is -2.27. The molecule has 0 spiro atoms. The molecule has 0 fully saturated rings. The van der Waals surface area contributed by atoms with E-state index in [2.05, 4.69) is 9.97 Å². The normalized spacial score (nSPS) is 10.5. The quantitative estimate of drug-likeness (QED) is 0.817. The van der Waals surface area contributed by atoms with E-state index in [4.69, 9.17) is 0 Å². The monoisotopic (exact) mass is 234 g/mol. The number of H-pyrrole nitrogens is 2. The Morgan fingerprint density at radius 3 is 2.65 bits per heavy atom. The molecule has 1 aromatic carbocycles. The maximum absolute atomic E-state index is 13.0. The van der Waals surface area contributed by atoms with Gasteiger partial charge in [0.1, 0.15) is 5.82 Å². The molecule has 1 heterocycles. The number of nitrogens with one attached hydrogen (secondary N) is 2. The molecule has 4 nitrogen and oxygen atoms in total. The number of rotatable bonds is 2. The van der Waals surface area contributed by atoms with Crippen molar-refractivity contribution in [3.05, 3.63) is 67.7 Å². The van der Waals surface area contributed by atoms with Gasteiger partial charge in [-0.05, 0) is 24.6 Å². The van der Waals surface area contributed by atoms with Crippen LogP contribution in [0.3, 0.4) is 0 Å². The minimum absolute atomic E-state index is 0.287. The predicted molar refractivity (Wildman–Crippen MR) is 61.6 cm³/mol. The molecule has 2 N–H and O–H groups in total. The molecule has 5 heteroatoms. The molecule has 0 saturated heterocycles. The van der Waals surface area contributed by atoms with Gasteiger partial charge in [0.25, 0.3) is 5.56 Å². The first kappa shape index (κ1) is 11.3. The fourth-order valence-corrected chi connectivity index (χ4v) is 1.69. The second-order valence-corrected chi connectivity index (χ2v) is 3.82. The third-order valence-electron chi connectivity index (χ3n) is 2.52.